The average Bonchev–Trinajstić information content (AvgIpc) is 2.84. The lowest BCUT2D eigenvalue weighted by Gasteiger charge is -2.21. The van der Waals surface area contributed by atoms with Crippen LogP contribution in [0.5, 0.6) is 5.75 Å². The maximum atomic E-state index is 13.5. The number of carbonyl (C=O) groups is 1. The molecule has 4 N–H and O–H groups in total. The summed E-state index contributed by atoms with van der Waals surface area (Å²) >= 11 is 0. The van der Waals surface area contributed by atoms with Crippen LogP contribution in [0.3, 0.4) is 0 Å². The molecule has 1 aromatic heterocycles. The van der Waals surface area contributed by atoms with Crippen LogP contribution in [0.25, 0.3) is 0 Å². The number of primary amides is 1. The van der Waals surface area contributed by atoms with E-state index in [2.05, 4.69) is 15.6 Å². The fraction of sp³-hybridized carbons (Fsp3) is 0.308. The Balaban J connectivity index is 1.40. The highest BCUT2D eigenvalue weighted by Gasteiger charge is 2.14. The number of carbonyl (C=O) groups excluding carboxylic acids is 1. The number of pyridine rings is 1. The summed E-state index contributed by atoms with van der Waals surface area (Å²) in [7, 11) is 0. The van der Waals surface area contributed by atoms with Gasteiger partial charge in [0.1, 0.15) is 17.4 Å². The predicted octanol–water partition coefficient (Wildman–Crippen LogP) is 4.87. The molecule has 0 spiro atoms. The van der Waals surface area contributed by atoms with Crippen molar-refractivity contribution in [2.75, 3.05) is 30.5 Å². The molecule has 178 valence electrons. The smallest absolute Gasteiger partial charge is 0.252 e. The van der Waals surface area contributed by atoms with Gasteiger partial charge in [-0.2, -0.15) is 0 Å². The number of rotatable bonds is 10. The van der Waals surface area contributed by atoms with Crippen LogP contribution >= 0.6 is 0 Å². The lowest BCUT2D eigenvalue weighted by Crippen LogP contribution is -2.17. The Labute approximate surface area is 198 Å². The number of halogens is 1. The first-order valence-corrected chi connectivity index (χ1v) is 11.4. The van der Waals surface area contributed by atoms with Gasteiger partial charge in [-0.1, -0.05) is 18.2 Å². The van der Waals surface area contributed by atoms with Gasteiger partial charge in [0.25, 0.3) is 5.91 Å². The third-order valence-corrected chi connectivity index (χ3v) is 5.78. The predicted molar refractivity (Wildman–Crippen MR) is 130 cm³/mol. The number of amides is 1. The third-order valence-electron chi connectivity index (χ3n) is 5.78. The highest BCUT2D eigenvalue weighted by atomic mass is 19.1. The first kappa shape index (κ1) is 23.5. The maximum Gasteiger partial charge on any atom is 0.252 e. The summed E-state index contributed by atoms with van der Waals surface area (Å²) in [6, 6.07) is 15.6. The first-order chi connectivity index (χ1) is 16.6. The average molecular weight is 465 g/mol. The summed E-state index contributed by atoms with van der Waals surface area (Å²) in [6.45, 7) is 2.67. The van der Waals surface area contributed by atoms with Gasteiger partial charge in [0.15, 0.2) is 0 Å². The zero-order valence-electron chi connectivity index (χ0n) is 18.9. The van der Waals surface area contributed by atoms with Gasteiger partial charge >= 0.3 is 0 Å². The summed E-state index contributed by atoms with van der Waals surface area (Å²) in [5, 5.41) is 6.39. The van der Waals surface area contributed by atoms with Gasteiger partial charge in [-0.3, -0.25) is 4.79 Å². The van der Waals surface area contributed by atoms with Crippen molar-refractivity contribution in [2.24, 2.45) is 11.7 Å². The van der Waals surface area contributed by atoms with Crippen molar-refractivity contribution in [1.29, 1.82) is 0 Å². The Kier molecular flexibility index (Phi) is 7.93. The number of nitrogens with one attached hydrogen (secondary N) is 2. The summed E-state index contributed by atoms with van der Waals surface area (Å²) in [5.74, 6) is 1.05. The van der Waals surface area contributed by atoms with Gasteiger partial charge in [-0.25, -0.2) is 9.37 Å². The van der Waals surface area contributed by atoms with Crippen molar-refractivity contribution in [1.82, 2.24) is 4.98 Å². The van der Waals surface area contributed by atoms with E-state index in [0.29, 0.717) is 30.6 Å². The number of ether oxygens (including phenoxy) is 2. The number of aromatic nitrogens is 1. The van der Waals surface area contributed by atoms with E-state index in [9.17, 15) is 9.18 Å². The topological polar surface area (TPSA) is 98.5 Å². The van der Waals surface area contributed by atoms with Crippen molar-refractivity contribution >= 4 is 23.1 Å². The zero-order valence-corrected chi connectivity index (χ0v) is 18.9. The van der Waals surface area contributed by atoms with E-state index < -0.39 is 5.91 Å². The van der Waals surface area contributed by atoms with Crippen LogP contribution in [0.2, 0.25) is 0 Å². The lowest BCUT2D eigenvalue weighted by atomic mass is 9.97. The van der Waals surface area contributed by atoms with E-state index in [1.54, 1.807) is 18.2 Å². The molecule has 1 amide bonds. The number of nitrogens with zero attached hydrogens (tertiary/aromatic N) is 1. The minimum atomic E-state index is -0.597. The van der Waals surface area contributed by atoms with Crippen LogP contribution in [-0.4, -0.2) is 30.7 Å². The third kappa shape index (κ3) is 6.68. The van der Waals surface area contributed by atoms with E-state index in [1.165, 1.54) is 18.3 Å². The molecule has 0 bridgehead atoms. The van der Waals surface area contributed by atoms with Crippen LogP contribution < -0.4 is 21.1 Å². The van der Waals surface area contributed by atoms with E-state index in [1.807, 2.05) is 24.3 Å². The van der Waals surface area contributed by atoms with E-state index in [-0.39, 0.29) is 11.4 Å². The molecule has 1 saturated heterocycles. The van der Waals surface area contributed by atoms with E-state index in [4.69, 9.17) is 15.2 Å². The Bertz CT molecular complexity index is 1120. The number of hydrogen-bond acceptors (Lipinski definition) is 6. The molecular weight excluding hydrogens is 435 g/mol. The molecule has 0 aliphatic carbocycles. The number of benzene rings is 2. The van der Waals surface area contributed by atoms with Crippen molar-refractivity contribution in [3.63, 3.8) is 0 Å². The number of nitrogens with two attached hydrogens (primary N) is 1. The molecule has 7 nitrogen and oxygen atoms in total. The number of anilines is 3. The second kappa shape index (κ2) is 11.5. The fourth-order valence-electron chi connectivity index (χ4n) is 3.90. The molecule has 1 aliphatic heterocycles. The molecule has 0 saturated carbocycles. The first-order valence-electron chi connectivity index (χ1n) is 11.4. The molecular formula is C26H29FN4O3. The standard InChI is InChI=1S/C26H29FN4O3/c27-20-4-1-3-19(13-20)16-29-24-15-25(30-17-23(24)26(28)32)31-21-5-2-6-22(14-21)34-12-9-18-7-10-33-11-8-18/h1-6,13-15,17-18H,7-12,16H2,(H2,28,32)(H2,29,30,31). The Morgan fingerprint density at radius 3 is 2.76 bits per heavy atom. The SMILES string of the molecule is NC(=O)c1cnc(Nc2cccc(OCCC3CCOCC3)c2)cc1NCc1cccc(F)c1. The fourth-order valence-corrected chi connectivity index (χ4v) is 3.90. The van der Waals surface area contributed by atoms with Crippen molar-refractivity contribution in [3.05, 3.63) is 77.7 Å². The van der Waals surface area contributed by atoms with E-state index >= 15 is 0 Å². The van der Waals surface area contributed by atoms with Gasteiger partial charge in [0.2, 0.25) is 0 Å². The Morgan fingerprint density at radius 1 is 1.15 bits per heavy atom. The summed E-state index contributed by atoms with van der Waals surface area (Å²) in [5.41, 5.74) is 7.82. The van der Waals surface area contributed by atoms with Gasteiger partial charge in [-0.05, 0) is 55.0 Å². The van der Waals surface area contributed by atoms with Gasteiger partial charge in [-0.15, -0.1) is 0 Å². The van der Waals surface area contributed by atoms with Gasteiger partial charge in [0.05, 0.1) is 17.9 Å². The van der Waals surface area contributed by atoms with Gasteiger partial charge in [0, 0.05) is 43.8 Å². The minimum Gasteiger partial charge on any atom is -0.494 e. The molecule has 1 fully saturated rings. The molecule has 2 aromatic carbocycles. The van der Waals surface area contributed by atoms with Crippen molar-refractivity contribution in [2.45, 2.75) is 25.8 Å². The molecule has 0 radical (unpaired) electrons. The summed E-state index contributed by atoms with van der Waals surface area (Å²) in [4.78, 5) is 16.2. The van der Waals surface area contributed by atoms with Crippen LogP contribution in [0, 0.1) is 11.7 Å². The van der Waals surface area contributed by atoms with Crippen molar-refractivity contribution in [3.8, 4) is 5.75 Å². The lowest BCUT2D eigenvalue weighted by molar-refractivity contribution is 0.0593. The minimum absolute atomic E-state index is 0.257. The normalized spacial score (nSPS) is 13.9. The largest absolute Gasteiger partial charge is 0.494 e. The summed E-state index contributed by atoms with van der Waals surface area (Å²) < 4.78 is 24.8. The molecule has 4 rings (SSSR count). The second-order valence-electron chi connectivity index (χ2n) is 8.31. The van der Waals surface area contributed by atoms with Crippen LogP contribution in [0.4, 0.5) is 21.6 Å². The molecule has 0 atom stereocenters. The molecule has 1 aliphatic rings. The maximum absolute atomic E-state index is 13.5. The number of hydrogen-bond donors (Lipinski definition) is 3. The highest BCUT2D eigenvalue weighted by molar-refractivity contribution is 5.98. The highest BCUT2D eigenvalue weighted by Crippen LogP contribution is 2.25. The quantitative estimate of drug-likeness (QED) is 0.396. The van der Waals surface area contributed by atoms with E-state index in [0.717, 1.165) is 49.5 Å². The molecule has 34 heavy (non-hydrogen) atoms. The van der Waals surface area contributed by atoms with Gasteiger partial charge < -0.3 is 25.8 Å². The molecule has 3 aromatic rings. The molecule has 8 heteroatoms. The molecule has 0 unspecified atom stereocenters. The van der Waals surface area contributed by atoms with Crippen LogP contribution in [0.15, 0.2) is 60.8 Å². The van der Waals surface area contributed by atoms with Crippen molar-refractivity contribution < 1.29 is 18.7 Å². The summed E-state index contributed by atoms with van der Waals surface area (Å²) in [6.07, 6.45) is 4.62. The second-order valence-corrected chi connectivity index (χ2v) is 8.31. The molecule has 2 heterocycles. The Hall–Kier alpha value is -3.65. The monoisotopic (exact) mass is 464 g/mol. The Morgan fingerprint density at radius 2 is 1.97 bits per heavy atom. The van der Waals surface area contributed by atoms with Crippen LogP contribution in [0.1, 0.15) is 35.2 Å². The zero-order chi connectivity index (χ0) is 23.8. The van der Waals surface area contributed by atoms with Crippen LogP contribution in [-0.2, 0) is 11.3 Å².